The lowest BCUT2D eigenvalue weighted by Crippen LogP contribution is -2.59. The minimum atomic E-state index is -2.85. The minimum Gasteiger partial charge on any atom is -0.461 e. The van der Waals surface area contributed by atoms with E-state index in [0.29, 0.717) is 39.8 Å². The molecule has 3 aromatic heterocycles. The molecular weight excluding hydrogens is 703 g/mol. The molecule has 0 saturated carbocycles. The Hall–Kier alpha value is -5.15. The lowest BCUT2D eigenvalue weighted by molar-refractivity contribution is -0.142. The summed E-state index contributed by atoms with van der Waals surface area (Å²) in [6, 6.07) is 10.3. The molecule has 2 saturated heterocycles. The van der Waals surface area contributed by atoms with Gasteiger partial charge >= 0.3 is 5.97 Å². The standard InChI is InChI=1S/C39H42F3N7O5/c1-23-18-46(29-20-53-21-29)8-9-47(23)28-4-5-36(43-17-28)44-32-12-26(19-45(3)37(32)51)30-14-27(40)15-33(31(30)22-54-24(2)50)49-11-10-48-34(38(49)52)13-25-6-7-39(41,42)16-35(25)48/h4-5,12-15,17,19,23,29H,6-11,16,18,20-22H2,1-3H3,(H,43,44)/t23-/m0/s1. The van der Waals surface area contributed by atoms with Crippen LogP contribution in [-0.4, -0.2) is 88.3 Å². The molecule has 8 rings (SSSR count). The van der Waals surface area contributed by atoms with Crippen molar-refractivity contribution in [3.8, 4) is 11.1 Å². The molecule has 284 valence electrons. The highest BCUT2D eigenvalue weighted by Crippen LogP contribution is 2.39. The number of carbonyl (C=O) groups is 2. The van der Waals surface area contributed by atoms with Gasteiger partial charge in [0, 0.05) is 82.2 Å². The fraction of sp³-hybridized carbons (Fsp3) is 0.436. The molecule has 2 fully saturated rings. The van der Waals surface area contributed by atoms with Crippen LogP contribution in [0.2, 0.25) is 0 Å². The van der Waals surface area contributed by atoms with Crippen LogP contribution >= 0.6 is 0 Å². The van der Waals surface area contributed by atoms with Gasteiger partial charge in [-0.05, 0) is 60.9 Å². The Kier molecular flexibility index (Phi) is 9.25. The van der Waals surface area contributed by atoms with E-state index in [1.165, 1.54) is 28.5 Å². The van der Waals surface area contributed by atoms with Gasteiger partial charge in [-0.25, -0.2) is 18.2 Å². The first-order chi connectivity index (χ1) is 25.8. The molecular formula is C39H42F3N7O5. The monoisotopic (exact) mass is 745 g/mol. The van der Waals surface area contributed by atoms with E-state index in [0.717, 1.165) is 38.5 Å². The number of carbonyl (C=O) groups excluding carboxylic acids is 2. The van der Waals surface area contributed by atoms with E-state index in [9.17, 15) is 23.2 Å². The van der Waals surface area contributed by atoms with Crippen molar-refractivity contribution in [2.75, 3.05) is 54.5 Å². The zero-order chi connectivity index (χ0) is 37.9. The van der Waals surface area contributed by atoms with Gasteiger partial charge in [0.15, 0.2) is 0 Å². The summed E-state index contributed by atoms with van der Waals surface area (Å²) in [5.74, 6) is -4.12. The van der Waals surface area contributed by atoms with E-state index in [4.69, 9.17) is 9.47 Å². The molecule has 6 heterocycles. The number of pyridine rings is 2. The first-order valence-corrected chi connectivity index (χ1v) is 18.2. The van der Waals surface area contributed by atoms with Crippen molar-refractivity contribution >= 4 is 34.8 Å². The number of nitrogens with zero attached hydrogens (tertiary/aromatic N) is 6. The topological polar surface area (TPSA) is 114 Å². The number of aryl methyl sites for hydroxylation is 2. The second-order valence-electron chi connectivity index (χ2n) is 14.7. The second-order valence-corrected chi connectivity index (χ2v) is 14.7. The lowest BCUT2D eigenvalue weighted by Gasteiger charge is -2.46. The molecule has 0 unspecified atom stereocenters. The van der Waals surface area contributed by atoms with Gasteiger partial charge in [-0.15, -0.1) is 0 Å². The summed E-state index contributed by atoms with van der Waals surface area (Å²) >= 11 is 0. The number of amides is 1. The number of benzene rings is 1. The van der Waals surface area contributed by atoms with Crippen LogP contribution in [0, 0.1) is 5.82 Å². The molecule has 0 bridgehead atoms. The highest BCUT2D eigenvalue weighted by Gasteiger charge is 2.40. The Morgan fingerprint density at radius 2 is 1.91 bits per heavy atom. The number of anilines is 4. The first kappa shape index (κ1) is 35.9. The average molecular weight is 746 g/mol. The SMILES string of the molecule is CC(=O)OCc1c(-c2cc(Nc3ccc(N4CCN(C5COC5)C[C@@H]4C)cn3)c(=O)n(C)c2)cc(F)cc1N1CCn2c(cc3c2CC(F)(F)CC3)C1=O. The largest absolute Gasteiger partial charge is 0.461 e. The molecule has 12 nitrogen and oxygen atoms in total. The number of ether oxygens (including phenoxy) is 2. The predicted octanol–water partition coefficient (Wildman–Crippen LogP) is 4.89. The first-order valence-electron chi connectivity index (χ1n) is 18.2. The summed E-state index contributed by atoms with van der Waals surface area (Å²) in [5, 5.41) is 3.13. The number of nitrogens with one attached hydrogen (secondary N) is 1. The van der Waals surface area contributed by atoms with E-state index in [1.807, 2.05) is 12.1 Å². The van der Waals surface area contributed by atoms with E-state index >= 15 is 4.39 Å². The molecule has 54 heavy (non-hydrogen) atoms. The van der Waals surface area contributed by atoms with Crippen molar-refractivity contribution in [1.82, 2.24) is 19.0 Å². The molecule has 1 aliphatic carbocycles. The number of halogens is 3. The maximum absolute atomic E-state index is 15.6. The van der Waals surface area contributed by atoms with Crippen LogP contribution in [0.5, 0.6) is 0 Å². The lowest BCUT2D eigenvalue weighted by atomic mass is 9.94. The zero-order valence-electron chi connectivity index (χ0n) is 30.4. The molecule has 1 amide bonds. The molecule has 0 spiro atoms. The highest BCUT2D eigenvalue weighted by molar-refractivity contribution is 6.07. The van der Waals surface area contributed by atoms with Crippen LogP contribution in [0.4, 0.5) is 36.1 Å². The molecule has 4 aliphatic rings. The molecule has 4 aromatic rings. The predicted molar refractivity (Wildman–Crippen MR) is 196 cm³/mol. The quantitative estimate of drug-likeness (QED) is 0.252. The van der Waals surface area contributed by atoms with Crippen molar-refractivity contribution < 1.29 is 32.2 Å². The van der Waals surface area contributed by atoms with E-state index in [1.54, 1.807) is 36.1 Å². The minimum absolute atomic E-state index is 0.0835. The van der Waals surface area contributed by atoms with E-state index in [2.05, 4.69) is 27.0 Å². The number of hydrogen-bond acceptors (Lipinski definition) is 9. The molecule has 0 radical (unpaired) electrons. The Bertz CT molecular complexity index is 2180. The Labute approximate surface area is 310 Å². The average Bonchev–Trinajstić information content (AvgIpc) is 3.47. The van der Waals surface area contributed by atoms with Crippen LogP contribution in [0.1, 0.15) is 47.6 Å². The molecule has 1 N–H and O–H groups in total. The van der Waals surface area contributed by atoms with Gasteiger partial charge in [-0.1, -0.05) is 0 Å². The van der Waals surface area contributed by atoms with Crippen molar-refractivity contribution in [1.29, 1.82) is 0 Å². The maximum Gasteiger partial charge on any atom is 0.302 e. The normalized spacial score (nSPS) is 20.0. The number of hydrogen-bond donors (Lipinski definition) is 1. The smallest absolute Gasteiger partial charge is 0.302 e. The zero-order valence-corrected chi connectivity index (χ0v) is 30.4. The molecule has 1 atom stereocenters. The summed E-state index contributed by atoms with van der Waals surface area (Å²) < 4.78 is 58.1. The van der Waals surface area contributed by atoms with Gasteiger partial charge in [-0.3, -0.25) is 19.3 Å². The number of alkyl halides is 2. The van der Waals surface area contributed by atoms with Gasteiger partial charge in [0.05, 0.1) is 43.2 Å². The van der Waals surface area contributed by atoms with Gasteiger partial charge in [0.2, 0.25) is 0 Å². The maximum atomic E-state index is 15.6. The summed E-state index contributed by atoms with van der Waals surface area (Å²) in [5.41, 5.74) is 3.48. The molecule has 3 aliphatic heterocycles. The summed E-state index contributed by atoms with van der Waals surface area (Å²) in [6.07, 6.45) is 2.77. The van der Waals surface area contributed by atoms with Gasteiger partial charge in [-0.2, -0.15) is 0 Å². The van der Waals surface area contributed by atoms with Crippen molar-refractivity contribution in [2.45, 2.75) is 64.3 Å². The Balaban J connectivity index is 1.09. The number of rotatable bonds is 8. The van der Waals surface area contributed by atoms with Crippen molar-refractivity contribution in [3.05, 3.63) is 87.5 Å². The Morgan fingerprint density at radius 1 is 1.09 bits per heavy atom. The molecule has 1 aromatic carbocycles. The van der Waals surface area contributed by atoms with Crippen molar-refractivity contribution in [3.63, 3.8) is 0 Å². The number of piperazine rings is 1. The van der Waals surface area contributed by atoms with Crippen LogP contribution in [-0.2, 0) is 47.3 Å². The third-order valence-electron chi connectivity index (χ3n) is 11.0. The summed E-state index contributed by atoms with van der Waals surface area (Å²) in [6.45, 7) is 7.76. The third-order valence-corrected chi connectivity index (χ3v) is 11.0. The summed E-state index contributed by atoms with van der Waals surface area (Å²) in [7, 11) is 1.57. The highest BCUT2D eigenvalue weighted by atomic mass is 19.3. The number of esters is 1. The van der Waals surface area contributed by atoms with Gasteiger partial charge in [0.25, 0.3) is 17.4 Å². The molecule has 15 heteroatoms. The van der Waals surface area contributed by atoms with E-state index < -0.39 is 30.0 Å². The third kappa shape index (κ3) is 6.74. The Morgan fingerprint density at radius 3 is 2.61 bits per heavy atom. The van der Waals surface area contributed by atoms with Gasteiger partial charge < -0.3 is 33.7 Å². The second kappa shape index (κ2) is 13.9. The number of fused-ring (bicyclic) bond motifs is 3. The van der Waals surface area contributed by atoms with E-state index in [-0.39, 0.29) is 61.2 Å². The van der Waals surface area contributed by atoms with Crippen LogP contribution < -0.4 is 20.7 Å². The summed E-state index contributed by atoms with van der Waals surface area (Å²) in [4.78, 5) is 50.3. The number of aromatic nitrogens is 3. The fourth-order valence-electron chi connectivity index (χ4n) is 8.12. The van der Waals surface area contributed by atoms with Crippen molar-refractivity contribution in [2.24, 2.45) is 7.05 Å². The van der Waals surface area contributed by atoms with Crippen LogP contribution in [0.15, 0.2) is 53.6 Å². The fourth-order valence-corrected chi connectivity index (χ4v) is 8.12. The van der Waals surface area contributed by atoms with Crippen LogP contribution in [0.25, 0.3) is 11.1 Å². The van der Waals surface area contributed by atoms with Gasteiger partial charge in [0.1, 0.15) is 29.6 Å². The van der Waals surface area contributed by atoms with Crippen LogP contribution in [0.3, 0.4) is 0 Å².